The van der Waals surface area contributed by atoms with Crippen molar-refractivity contribution in [3.63, 3.8) is 0 Å². The Morgan fingerprint density at radius 2 is 1.55 bits per heavy atom. The van der Waals surface area contributed by atoms with Crippen molar-refractivity contribution in [3.05, 3.63) is 46.4 Å². The molecule has 2 aromatic rings. The van der Waals surface area contributed by atoms with Gasteiger partial charge < -0.3 is 14.6 Å². The number of nitrogens with one attached hydrogen (secondary N) is 1. The highest BCUT2D eigenvalue weighted by atomic mass is 35.5. The first-order chi connectivity index (χ1) is 15.3. The first-order valence-corrected chi connectivity index (χ1v) is 14.3. The molecule has 0 saturated heterocycles. The third-order valence-corrected chi connectivity index (χ3v) is 7.74. The predicted molar refractivity (Wildman–Crippen MR) is 128 cm³/mol. The summed E-state index contributed by atoms with van der Waals surface area (Å²) in [7, 11) is -7.37. The van der Waals surface area contributed by atoms with Gasteiger partial charge >= 0.3 is 0 Å². The SMILES string of the molecule is C[C@@H](CCl)COc1c(Cl)cc(S(=O)(=O)c2ccc(OC[C@@H](O)CNS(C)(=O)=O)cc2)cc1Cl. The molecule has 0 radical (unpaired) electrons. The van der Waals surface area contributed by atoms with Gasteiger partial charge in [0.1, 0.15) is 18.5 Å². The van der Waals surface area contributed by atoms with E-state index < -0.39 is 26.0 Å². The van der Waals surface area contributed by atoms with Gasteiger partial charge in [0.15, 0.2) is 5.75 Å². The van der Waals surface area contributed by atoms with E-state index in [9.17, 15) is 21.9 Å². The third-order valence-electron chi connectivity index (χ3n) is 4.22. The fourth-order valence-electron chi connectivity index (χ4n) is 2.45. The van der Waals surface area contributed by atoms with E-state index in [0.717, 1.165) is 6.26 Å². The molecule has 0 fully saturated rings. The van der Waals surface area contributed by atoms with Crippen molar-refractivity contribution in [2.75, 3.05) is 31.9 Å². The fourth-order valence-corrected chi connectivity index (χ4v) is 5.07. The Kier molecular flexibility index (Phi) is 10.1. The smallest absolute Gasteiger partial charge is 0.208 e. The van der Waals surface area contributed by atoms with Crippen LogP contribution in [0.25, 0.3) is 0 Å². The highest BCUT2D eigenvalue weighted by Gasteiger charge is 2.22. The lowest BCUT2D eigenvalue weighted by atomic mass is 10.2. The lowest BCUT2D eigenvalue weighted by Crippen LogP contribution is -2.34. The Morgan fingerprint density at radius 3 is 2.06 bits per heavy atom. The molecule has 0 heterocycles. The number of hydrogen-bond donors (Lipinski definition) is 2. The second-order valence-corrected chi connectivity index (χ2v) is 12.3. The molecule has 0 bridgehead atoms. The summed E-state index contributed by atoms with van der Waals surface area (Å²) in [5.41, 5.74) is 0. The van der Waals surface area contributed by atoms with Crippen molar-refractivity contribution in [3.8, 4) is 11.5 Å². The van der Waals surface area contributed by atoms with Gasteiger partial charge in [0.2, 0.25) is 19.9 Å². The van der Waals surface area contributed by atoms with Gasteiger partial charge in [-0.1, -0.05) is 30.1 Å². The second-order valence-electron chi connectivity index (χ2n) is 7.35. The molecule has 0 aliphatic heterocycles. The van der Waals surface area contributed by atoms with Crippen LogP contribution in [0.5, 0.6) is 11.5 Å². The van der Waals surface area contributed by atoms with E-state index in [4.69, 9.17) is 44.3 Å². The van der Waals surface area contributed by atoms with Crippen LogP contribution in [0, 0.1) is 5.92 Å². The normalized spacial score (nSPS) is 14.0. The minimum absolute atomic E-state index is 0.0225. The molecular weight excluding hydrogens is 537 g/mol. The van der Waals surface area contributed by atoms with Crippen molar-refractivity contribution >= 4 is 54.7 Å². The zero-order valence-electron chi connectivity index (χ0n) is 17.8. The second kappa shape index (κ2) is 11.9. The van der Waals surface area contributed by atoms with E-state index in [2.05, 4.69) is 4.72 Å². The topological polar surface area (TPSA) is 119 Å². The van der Waals surface area contributed by atoms with Crippen LogP contribution in [0.4, 0.5) is 0 Å². The highest BCUT2D eigenvalue weighted by molar-refractivity contribution is 7.91. The summed E-state index contributed by atoms with van der Waals surface area (Å²) in [6, 6.07) is 8.02. The molecule has 2 aromatic carbocycles. The average Bonchev–Trinajstić information content (AvgIpc) is 2.75. The van der Waals surface area contributed by atoms with Crippen LogP contribution >= 0.6 is 34.8 Å². The minimum Gasteiger partial charge on any atom is -0.491 e. The molecule has 0 aliphatic rings. The standard InChI is InChI=1S/C20H24Cl3NO7S2/c1-13(9-21)11-31-20-18(22)7-17(8-19(20)23)33(28,29)16-5-3-15(4-6-16)30-12-14(25)10-24-32(2,26)27/h3-8,13-14,24-25H,9-12H2,1-2H3/t13-,14-/m0/s1. The summed E-state index contributed by atoms with van der Waals surface area (Å²) < 4.78 is 61.2. The fraction of sp³-hybridized carbons (Fsp3) is 0.400. The van der Waals surface area contributed by atoms with E-state index in [-0.39, 0.29) is 51.3 Å². The molecule has 0 saturated carbocycles. The molecule has 33 heavy (non-hydrogen) atoms. The first-order valence-electron chi connectivity index (χ1n) is 9.62. The number of aliphatic hydroxyl groups is 1. The monoisotopic (exact) mass is 559 g/mol. The molecule has 2 rings (SSSR count). The number of halogens is 3. The maximum Gasteiger partial charge on any atom is 0.208 e. The van der Waals surface area contributed by atoms with E-state index in [1.165, 1.54) is 36.4 Å². The van der Waals surface area contributed by atoms with E-state index in [0.29, 0.717) is 11.6 Å². The molecule has 184 valence electrons. The van der Waals surface area contributed by atoms with E-state index >= 15 is 0 Å². The number of alkyl halides is 1. The lowest BCUT2D eigenvalue weighted by Gasteiger charge is -2.15. The van der Waals surface area contributed by atoms with Gasteiger partial charge in [-0.25, -0.2) is 21.6 Å². The third kappa shape index (κ3) is 8.47. The Bertz CT molecular complexity index is 1130. The van der Waals surface area contributed by atoms with Crippen molar-refractivity contribution in [1.82, 2.24) is 4.72 Å². The van der Waals surface area contributed by atoms with Crippen LogP contribution in [-0.2, 0) is 19.9 Å². The zero-order chi connectivity index (χ0) is 24.8. The number of rotatable bonds is 12. The zero-order valence-corrected chi connectivity index (χ0v) is 21.7. The molecule has 2 atom stereocenters. The minimum atomic E-state index is -3.94. The Labute approximate surface area is 208 Å². The van der Waals surface area contributed by atoms with Crippen molar-refractivity contribution in [2.24, 2.45) is 5.92 Å². The summed E-state index contributed by atoms with van der Waals surface area (Å²) in [6.45, 7) is 1.75. The van der Waals surface area contributed by atoms with E-state index in [1.807, 2.05) is 6.92 Å². The van der Waals surface area contributed by atoms with Crippen LogP contribution in [-0.4, -0.2) is 59.9 Å². The quantitative estimate of drug-likeness (QED) is 0.382. The highest BCUT2D eigenvalue weighted by Crippen LogP contribution is 2.37. The summed E-state index contributed by atoms with van der Waals surface area (Å²) >= 11 is 18.2. The van der Waals surface area contributed by atoms with Gasteiger partial charge in [0, 0.05) is 18.3 Å². The molecule has 0 unspecified atom stereocenters. The predicted octanol–water partition coefficient (Wildman–Crippen LogP) is 3.37. The largest absolute Gasteiger partial charge is 0.491 e. The Balaban J connectivity index is 2.11. The average molecular weight is 561 g/mol. The van der Waals surface area contributed by atoms with Crippen LogP contribution < -0.4 is 14.2 Å². The maximum atomic E-state index is 13.0. The molecule has 0 amide bonds. The van der Waals surface area contributed by atoms with Crippen molar-refractivity contribution in [2.45, 2.75) is 22.8 Å². The molecule has 0 aliphatic carbocycles. The Hall–Kier alpha value is -1.27. The van der Waals surface area contributed by atoms with Crippen molar-refractivity contribution < 1.29 is 31.4 Å². The number of sulfone groups is 1. The van der Waals surface area contributed by atoms with Crippen LogP contribution in [0.3, 0.4) is 0 Å². The molecular formula is C20H24Cl3NO7S2. The van der Waals surface area contributed by atoms with Gasteiger partial charge in [-0.3, -0.25) is 0 Å². The molecule has 0 spiro atoms. The van der Waals surface area contributed by atoms with Gasteiger partial charge in [0.25, 0.3) is 0 Å². The van der Waals surface area contributed by atoms with E-state index in [1.54, 1.807) is 0 Å². The molecule has 8 nitrogen and oxygen atoms in total. The number of aliphatic hydroxyl groups excluding tert-OH is 1. The lowest BCUT2D eigenvalue weighted by molar-refractivity contribution is 0.111. The van der Waals surface area contributed by atoms with Gasteiger partial charge in [-0.2, -0.15) is 0 Å². The Morgan fingerprint density at radius 1 is 0.970 bits per heavy atom. The van der Waals surface area contributed by atoms with Gasteiger partial charge in [-0.15, -0.1) is 11.6 Å². The van der Waals surface area contributed by atoms with Crippen molar-refractivity contribution in [1.29, 1.82) is 0 Å². The first kappa shape index (κ1) is 28.0. The molecule has 0 aromatic heterocycles. The number of ether oxygens (including phenoxy) is 2. The summed E-state index contributed by atoms with van der Waals surface area (Å²) in [4.78, 5) is -0.128. The number of hydrogen-bond acceptors (Lipinski definition) is 7. The maximum absolute atomic E-state index is 13.0. The summed E-state index contributed by atoms with van der Waals surface area (Å²) in [5, 5.41) is 9.88. The van der Waals surface area contributed by atoms with Crippen LogP contribution in [0.15, 0.2) is 46.2 Å². The molecule has 2 N–H and O–H groups in total. The summed E-state index contributed by atoms with van der Waals surface area (Å²) in [5.74, 6) is 0.917. The number of benzene rings is 2. The summed E-state index contributed by atoms with van der Waals surface area (Å²) in [6.07, 6.45) is -0.108. The van der Waals surface area contributed by atoms with Crippen LogP contribution in [0.2, 0.25) is 10.0 Å². The number of sulfonamides is 1. The molecule has 13 heteroatoms. The van der Waals surface area contributed by atoms with Crippen LogP contribution in [0.1, 0.15) is 6.92 Å². The van der Waals surface area contributed by atoms with Gasteiger partial charge in [-0.05, 0) is 36.4 Å². The van der Waals surface area contributed by atoms with Gasteiger partial charge in [0.05, 0.1) is 32.7 Å².